The highest BCUT2D eigenvalue weighted by molar-refractivity contribution is 6.41. The summed E-state index contributed by atoms with van der Waals surface area (Å²) in [5.41, 5.74) is 3.04. The van der Waals surface area contributed by atoms with Crippen molar-refractivity contribution < 1.29 is 14.4 Å². The molecule has 0 spiro atoms. The van der Waals surface area contributed by atoms with Crippen LogP contribution in [0.25, 0.3) is 5.57 Å². The molecule has 2 N–H and O–H groups in total. The molecular formula is C27H25N3O3. The van der Waals surface area contributed by atoms with Gasteiger partial charge >= 0.3 is 0 Å². The molecule has 1 aliphatic heterocycles. The number of amides is 3. The zero-order valence-corrected chi connectivity index (χ0v) is 18.4. The minimum atomic E-state index is -0.583. The van der Waals surface area contributed by atoms with E-state index in [1.165, 1.54) is 0 Å². The first-order chi connectivity index (χ1) is 16.1. The number of carbonyl (C=O) groups is 3. The van der Waals surface area contributed by atoms with E-state index in [-0.39, 0.29) is 30.1 Å². The van der Waals surface area contributed by atoms with Gasteiger partial charge in [-0.1, -0.05) is 78.9 Å². The van der Waals surface area contributed by atoms with E-state index < -0.39 is 11.8 Å². The lowest BCUT2D eigenvalue weighted by Gasteiger charge is -2.15. The Labute approximate surface area is 192 Å². The van der Waals surface area contributed by atoms with Gasteiger partial charge in [-0.2, -0.15) is 0 Å². The summed E-state index contributed by atoms with van der Waals surface area (Å²) in [4.78, 5) is 41.5. The number of anilines is 1. The van der Waals surface area contributed by atoms with E-state index in [0.29, 0.717) is 17.8 Å². The maximum Gasteiger partial charge on any atom is 0.259 e. The van der Waals surface area contributed by atoms with Gasteiger partial charge in [0.25, 0.3) is 17.7 Å². The number of nitrogens with one attached hydrogen (secondary N) is 2. The summed E-state index contributed by atoms with van der Waals surface area (Å²) in [6, 6.07) is 26.1. The van der Waals surface area contributed by atoms with Gasteiger partial charge in [0, 0.05) is 25.2 Å². The van der Waals surface area contributed by atoms with Gasteiger partial charge in [0.05, 0.1) is 11.3 Å². The maximum absolute atomic E-state index is 13.3. The van der Waals surface area contributed by atoms with Crippen LogP contribution < -0.4 is 15.5 Å². The molecule has 0 radical (unpaired) electrons. The topological polar surface area (TPSA) is 78.5 Å². The molecule has 4 rings (SSSR count). The third kappa shape index (κ3) is 4.70. The number of hydrogen-bond acceptors (Lipinski definition) is 3. The molecule has 0 atom stereocenters. The van der Waals surface area contributed by atoms with Crippen molar-refractivity contribution in [3.8, 4) is 0 Å². The molecule has 0 saturated carbocycles. The minimum Gasteiger partial charge on any atom is -0.348 e. The monoisotopic (exact) mass is 439 g/mol. The quantitative estimate of drug-likeness (QED) is 0.336. The number of hydrogen-bond donors (Lipinski definition) is 2. The van der Waals surface area contributed by atoms with E-state index in [1.54, 1.807) is 17.0 Å². The Morgan fingerprint density at radius 1 is 0.727 bits per heavy atom. The van der Waals surface area contributed by atoms with Gasteiger partial charge in [0.15, 0.2) is 0 Å². The van der Waals surface area contributed by atoms with Gasteiger partial charge in [-0.05, 0) is 24.1 Å². The fourth-order valence-electron chi connectivity index (χ4n) is 3.90. The van der Waals surface area contributed by atoms with Crippen LogP contribution in [0, 0.1) is 0 Å². The molecule has 0 unspecified atom stereocenters. The molecule has 0 fully saturated rings. The van der Waals surface area contributed by atoms with Crippen molar-refractivity contribution in [2.75, 3.05) is 11.4 Å². The fourth-order valence-corrected chi connectivity index (χ4v) is 3.90. The molecule has 6 heteroatoms. The van der Waals surface area contributed by atoms with Crippen LogP contribution in [0.15, 0.2) is 90.5 Å². The summed E-state index contributed by atoms with van der Waals surface area (Å²) >= 11 is 0. The average Bonchev–Trinajstić information content (AvgIpc) is 3.14. The van der Waals surface area contributed by atoms with Crippen molar-refractivity contribution >= 4 is 29.0 Å². The van der Waals surface area contributed by atoms with Gasteiger partial charge in [0.2, 0.25) is 0 Å². The Hall–Kier alpha value is -4.19. The second-order valence-electron chi connectivity index (χ2n) is 7.65. The van der Waals surface area contributed by atoms with Crippen molar-refractivity contribution in [2.24, 2.45) is 0 Å². The lowest BCUT2D eigenvalue weighted by atomic mass is 9.99. The predicted molar refractivity (Wildman–Crippen MR) is 128 cm³/mol. The number of benzene rings is 3. The Kier molecular flexibility index (Phi) is 6.64. The lowest BCUT2D eigenvalue weighted by molar-refractivity contribution is -0.124. The van der Waals surface area contributed by atoms with Gasteiger partial charge in [-0.15, -0.1) is 0 Å². The minimum absolute atomic E-state index is 0.128. The van der Waals surface area contributed by atoms with E-state index in [1.807, 2.05) is 79.7 Å². The molecule has 3 aromatic rings. The van der Waals surface area contributed by atoms with Crippen molar-refractivity contribution in [2.45, 2.75) is 20.0 Å². The van der Waals surface area contributed by atoms with E-state index >= 15 is 0 Å². The molecule has 0 aliphatic carbocycles. The number of para-hydroxylation sites is 1. The number of likely N-dealkylation sites (N-methyl/N-ethyl adjacent to an activating group) is 1. The molecule has 0 bridgehead atoms. The number of carbonyl (C=O) groups excluding carboxylic acids is 3. The molecule has 0 saturated heterocycles. The van der Waals surface area contributed by atoms with Crippen molar-refractivity contribution in [3.05, 3.63) is 107 Å². The van der Waals surface area contributed by atoms with Crippen LogP contribution in [0.2, 0.25) is 0 Å². The first-order valence-corrected chi connectivity index (χ1v) is 10.9. The van der Waals surface area contributed by atoms with E-state index in [0.717, 1.165) is 11.1 Å². The molecule has 1 aliphatic rings. The molecule has 6 nitrogen and oxygen atoms in total. The summed E-state index contributed by atoms with van der Waals surface area (Å²) in [5, 5.41) is 5.62. The highest BCUT2D eigenvalue weighted by Crippen LogP contribution is 2.38. The summed E-state index contributed by atoms with van der Waals surface area (Å²) < 4.78 is 0. The van der Waals surface area contributed by atoms with Crippen molar-refractivity contribution in [3.63, 3.8) is 0 Å². The summed E-state index contributed by atoms with van der Waals surface area (Å²) in [6.45, 7) is 2.79. The predicted octanol–water partition coefficient (Wildman–Crippen LogP) is 3.44. The van der Waals surface area contributed by atoms with Crippen LogP contribution in [0.4, 0.5) is 5.69 Å². The van der Waals surface area contributed by atoms with Gasteiger partial charge in [0.1, 0.15) is 5.57 Å². The SMILES string of the molecule is CCN1C(=O)C(=C(C(=O)NCc2ccccc2)C(=O)NCc2ccccc2)c2ccccc21. The maximum atomic E-state index is 13.3. The van der Waals surface area contributed by atoms with Crippen LogP contribution in [0.1, 0.15) is 23.6 Å². The normalized spacial score (nSPS) is 12.3. The van der Waals surface area contributed by atoms with Gasteiger partial charge < -0.3 is 15.5 Å². The van der Waals surface area contributed by atoms with Gasteiger partial charge in [-0.3, -0.25) is 14.4 Å². The molecule has 0 aromatic heterocycles. The molecule has 166 valence electrons. The Morgan fingerprint density at radius 2 is 1.21 bits per heavy atom. The summed E-state index contributed by atoms with van der Waals surface area (Å²) in [7, 11) is 0. The van der Waals surface area contributed by atoms with Crippen LogP contribution >= 0.6 is 0 Å². The summed E-state index contributed by atoms with van der Waals surface area (Å²) in [6.07, 6.45) is 0. The first-order valence-electron chi connectivity index (χ1n) is 10.9. The third-order valence-corrected chi connectivity index (χ3v) is 5.54. The average molecular weight is 440 g/mol. The highest BCUT2D eigenvalue weighted by atomic mass is 16.2. The fraction of sp³-hybridized carbons (Fsp3) is 0.148. The molecule has 3 aromatic carbocycles. The molecule has 3 amide bonds. The largest absolute Gasteiger partial charge is 0.348 e. The Bertz CT molecular complexity index is 1150. The van der Waals surface area contributed by atoms with Crippen LogP contribution in [-0.2, 0) is 27.5 Å². The zero-order chi connectivity index (χ0) is 23.2. The van der Waals surface area contributed by atoms with Crippen molar-refractivity contribution in [1.82, 2.24) is 10.6 Å². The van der Waals surface area contributed by atoms with E-state index in [9.17, 15) is 14.4 Å². The number of rotatable bonds is 7. The third-order valence-electron chi connectivity index (χ3n) is 5.54. The standard InChI is InChI=1S/C27H25N3O3/c1-2-30-22-16-10-9-15-21(22)23(27(30)33)24(25(31)28-17-19-11-5-3-6-12-19)26(32)29-18-20-13-7-4-8-14-20/h3-16H,2,17-18H2,1H3,(H,28,31)(H,29,32). The summed E-state index contributed by atoms with van der Waals surface area (Å²) in [5.74, 6) is -1.51. The molecule has 33 heavy (non-hydrogen) atoms. The second kappa shape index (κ2) is 9.96. The lowest BCUT2D eigenvalue weighted by Crippen LogP contribution is -2.36. The van der Waals surface area contributed by atoms with Crippen LogP contribution in [0.5, 0.6) is 0 Å². The molecular weight excluding hydrogens is 414 g/mol. The molecule has 1 heterocycles. The number of nitrogens with zero attached hydrogens (tertiary/aromatic N) is 1. The Morgan fingerprint density at radius 3 is 1.73 bits per heavy atom. The Balaban J connectivity index is 1.70. The van der Waals surface area contributed by atoms with Crippen LogP contribution in [-0.4, -0.2) is 24.3 Å². The second-order valence-corrected chi connectivity index (χ2v) is 7.65. The first kappa shape index (κ1) is 22.0. The van der Waals surface area contributed by atoms with Crippen LogP contribution in [0.3, 0.4) is 0 Å². The van der Waals surface area contributed by atoms with E-state index in [2.05, 4.69) is 10.6 Å². The van der Waals surface area contributed by atoms with Crippen molar-refractivity contribution in [1.29, 1.82) is 0 Å². The smallest absolute Gasteiger partial charge is 0.259 e. The zero-order valence-electron chi connectivity index (χ0n) is 18.4. The van der Waals surface area contributed by atoms with Gasteiger partial charge in [-0.25, -0.2) is 0 Å². The van der Waals surface area contributed by atoms with E-state index in [4.69, 9.17) is 0 Å². The number of fused-ring (bicyclic) bond motifs is 1. The highest BCUT2D eigenvalue weighted by Gasteiger charge is 2.37.